The van der Waals surface area contributed by atoms with Crippen LogP contribution in [0.25, 0.3) is 44.7 Å². The van der Waals surface area contributed by atoms with Crippen molar-refractivity contribution in [1.29, 1.82) is 0 Å². The Morgan fingerprint density at radius 1 is 0.634 bits per heavy atom. The van der Waals surface area contributed by atoms with Crippen molar-refractivity contribution in [3.05, 3.63) is 156 Å². The summed E-state index contributed by atoms with van der Waals surface area (Å²) in [6, 6.07) is 41.0. The van der Waals surface area contributed by atoms with Crippen LogP contribution in [-0.4, -0.2) is 20.1 Å². The highest BCUT2D eigenvalue weighted by Gasteiger charge is 2.47. The van der Waals surface area contributed by atoms with Crippen molar-refractivity contribution in [2.45, 2.75) is 5.41 Å². The molecule has 0 amide bonds. The Bertz CT molecular complexity index is 2050. The quantitative estimate of drug-likeness (QED) is 0.250. The van der Waals surface area contributed by atoms with Crippen LogP contribution < -0.4 is 0 Å². The number of aromatic nitrogens is 3. The standard InChI is InChI=1S/C36H23N3O2/c40-32-17-6-3-13-27(32)31-16-8-18-33(39-31)36(29-14-4-1-11-25(29)26-12-2-5-15-30(26)36)24-10-7-9-23(21-24)34-28-19-20-41-35(28)38-22-37-34/h1-22,40H. The first-order valence-electron chi connectivity index (χ1n) is 13.5. The number of furan rings is 1. The van der Waals surface area contributed by atoms with Gasteiger partial charge in [0.25, 0.3) is 0 Å². The molecule has 0 atom stereocenters. The molecule has 0 saturated carbocycles. The lowest BCUT2D eigenvalue weighted by atomic mass is 9.69. The number of nitrogens with zero attached hydrogens (tertiary/aromatic N) is 3. The molecule has 194 valence electrons. The average Bonchev–Trinajstić information content (AvgIpc) is 3.63. The lowest BCUT2D eigenvalue weighted by Gasteiger charge is -2.33. The summed E-state index contributed by atoms with van der Waals surface area (Å²) in [5.41, 5.74) is 9.70. The number of pyridine rings is 1. The molecule has 4 aromatic carbocycles. The maximum Gasteiger partial charge on any atom is 0.229 e. The van der Waals surface area contributed by atoms with E-state index in [0.29, 0.717) is 17.0 Å². The van der Waals surface area contributed by atoms with Crippen molar-refractivity contribution < 1.29 is 9.52 Å². The van der Waals surface area contributed by atoms with Gasteiger partial charge in [0.1, 0.15) is 12.1 Å². The third-order valence-corrected chi connectivity index (χ3v) is 8.10. The summed E-state index contributed by atoms with van der Waals surface area (Å²) in [5.74, 6) is 0.202. The van der Waals surface area contributed by atoms with Crippen LogP contribution in [0.5, 0.6) is 5.75 Å². The molecule has 8 rings (SSSR count). The summed E-state index contributed by atoms with van der Waals surface area (Å²) in [6.07, 6.45) is 3.19. The first-order valence-corrected chi connectivity index (χ1v) is 13.5. The number of benzene rings is 4. The van der Waals surface area contributed by atoms with E-state index in [4.69, 9.17) is 9.40 Å². The highest BCUT2D eigenvalue weighted by atomic mass is 16.3. The van der Waals surface area contributed by atoms with Crippen molar-refractivity contribution in [2.24, 2.45) is 0 Å². The molecule has 0 aliphatic heterocycles. The number of aromatic hydroxyl groups is 1. The van der Waals surface area contributed by atoms with E-state index in [1.807, 2.05) is 36.4 Å². The molecular formula is C36H23N3O2. The second-order valence-electron chi connectivity index (χ2n) is 10.2. The predicted octanol–water partition coefficient (Wildman–Crippen LogP) is 8.02. The zero-order valence-electron chi connectivity index (χ0n) is 21.9. The fourth-order valence-electron chi connectivity index (χ4n) is 6.37. The van der Waals surface area contributed by atoms with Crippen LogP contribution in [-0.2, 0) is 5.41 Å². The number of fused-ring (bicyclic) bond motifs is 4. The Labute approximate surface area is 236 Å². The first kappa shape index (κ1) is 23.3. The molecular weight excluding hydrogens is 506 g/mol. The minimum absolute atomic E-state index is 0.202. The number of para-hydroxylation sites is 1. The van der Waals surface area contributed by atoms with Gasteiger partial charge in [-0.25, -0.2) is 9.97 Å². The first-order chi connectivity index (χ1) is 20.2. The monoisotopic (exact) mass is 529 g/mol. The van der Waals surface area contributed by atoms with Gasteiger partial charge in [-0.1, -0.05) is 84.9 Å². The Kier molecular flexibility index (Phi) is 5.12. The van der Waals surface area contributed by atoms with Gasteiger partial charge in [-0.3, -0.25) is 4.98 Å². The SMILES string of the molecule is Oc1ccccc1-c1cccc(C2(c3cccc(-c4ncnc5occc45)c3)c3ccccc3-c3ccccc32)n1. The maximum atomic E-state index is 10.7. The lowest BCUT2D eigenvalue weighted by molar-refractivity contribution is 0.477. The van der Waals surface area contributed by atoms with Gasteiger partial charge in [-0.15, -0.1) is 0 Å². The molecule has 0 saturated heterocycles. The van der Waals surface area contributed by atoms with Gasteiger partial charge in [0.05, 0.1) is 34.1 Å². The van der Waals surface area contributed by atoms with E-state index >= 15 is 0 Å². The highest BCUT2D eigenvalue weighted by molar-refractivity contribution is 5.90. The molecule has 1 aliphatic rings. The third kappa shape index (κ3) is 3.39. The molecule has 0 bridgehead atoms. The number of phenolic OH excluding ortho intramolecular Hbond substituents is 1. The van der Waals surface area contributed by atoms with E-state index in [9.17, 15) is 5.11 Å². The van der Waals surface area contributed by atoms with Crippen molar-refractivity contribution in [3.63, 3.8) is 0 Å². The van der Waals surface area contributed by atoms with Crippen LogP contribution in [0.2, 0.25) is 0 Å². The minimum atomic E-state index is -0.702. The van der Waals surface area contributed by atoms with Crippen molar-refractivity contribution in [1.82, 2.24) is 15.0 Å². The van der Waals surface area contributed by atoms with E-state index in [-0.39, 0.29) is 5.75 Å². The van der Waals surface area contributed by atoms with E-state index < -0.39 is 5.41 Å². The molecule has 0 radical (unpaired) electrons. The maximum absolute atomic E-state index is 10.7. The molecule has 5 heteroatoms. The van der Waals surface area contributed by atoms with Crippen LogP contribution in [0.4, 0.5) is 0 Å². The highest BCUT2D eigenvalue weighted by Crippen LogP contribution is 2.56. The zero-order valence-corrected chi connectivity index (χ0v) is 21.9. The molecule has 7 aromatic rings. The molecule has 5 nitrogen and oxygen atoms in total. The summed E-state index contributed by atoms with van der Waals surface area (Å²) in [6.45, 7) is 0. The molecule has 0 fully saturated rings. The summed E-state index contributed by atoms with van der Waals surface area (Å²) >= 11 is 0. The Hall–Kier alpha value is -5.55. The van der Waals surface area contributed by atoms with Crippen molar-refractivity contribution in [2.75, 3.05) is 0 Å². The van der Waals surface area contributed by atoms with E-state index in [0.717, 1.165) is 39.0 Å². The molecule has 0 unspecified atom stereocenters. The van der Waals surface area contributed by atoms with Gasteiger partial charge in [0.15, 0.2) is 0 Å². The van der Waals surface area contributed by atoms with Crippen LogP contribution in [0, 0.1) is 0 Å². The summed E-state index contributed by atoms with van der Waals surface area (Å²) in [7, 11) is 0. The van der Waals surface area contributed by atoms with Gasteiger partial charge in [0, 0.05) is 11.1 Å². The second kappa shape index (κ2) is 9.00. The largest absolute Gasteiger partial charge is 0.507 e. The van der Waals surface area contributed by atoms with Crippen LogP contribution >= 0.6 is 0 Å². The summed E-state index contributed by atoms with van der Waals surface area (Å²) in [4.78, 5) is 14.2. The fourth-order valence-corrected chi connectivity index (χ4v) is 6.37. The topological polar surface area (TPSA) is 72.0 Å². The molecule has 1 N–H and O–H groups in total. The van der Waals surface area contributed by atoms with E-state index in [2.05, 4.69) is 88.8 Å². The number of hydrogen-bond donors (Lipinski definition) is 1. The van der Waals surface area contributed by atoms with Gasteiger partial charge >= 0.3 is 0 Å². The third-order valence-electron chi connectivity index (χ3n) is 8.10. The minimum Gasteiger partial charge on any atom is -0.507 e. The van der Waals surface area contributed by atoms with Gasteiger partial charge in [0.2, 0.25) is 5.71 Å². The normalized spacial score (nSPS) is 13.2. The Morgan fingerprint density at radius 2 is 1.34 bits per heavy atom. The summed E-state index contributed by atoms with van der Waals surface area (Å²) < 4.78 is 5.58. The van der Waals surface area contributed by atoms with Crippen LogP contribution in [0.1, 0.15) is 22.4 Å². The summed E-state index contributed by atoms with van der Waals surface area (Å²) in [5, 5.41) is 11.6. The molecule has 1 aliphatic carbocycles. The Morgan fingerprint density at radius 3 is 2.12 bits per heavy atom. The molecule has 0 spiro atoms. The number of rotatable bonds is 4. The Balaban J connectivity index is 1.45. The number of hydrogen-bond acceptors (Lipinski definition) is 5. The van der Waals surface area contributed by atoms with Gasteiger partial charge < -0.3 is 9.52 Å². The molecule has 41 heavy (non-hydrogen) atoms. The van der Waals surface area contributed by atoms with Gasteiger partial charge in [-0.05, 0) is 64.2 Å². The van der Waals surface area contributed by atoms with E-state index in [1.165, 1.54) is 11.1 Å². The lowest BCUT2D eigenvalue weighted by Crippen LogP contribution is -2.30. The fraction of sp³-hybridized carbons (Fsp3) is 0.0278. The van der Waals surface area contributed by atoms with Crippen molar-refractivity contribution >= 4 is 11.1 Å². The van der Waals surface area contributed by atoms with Gasteiger partial charge in [-0.2, -0.15) is 0 Å². The smallest absolute Gasteiger partial charge is 0.229 e. The van der Waals surface area contributed by atoms with Crippen LogP contribution in [0.15, 0.2) is 138 Å². The zero-order chi connectivity index (χ0) is 27.4. The van der Waals surface area contributed by atoms with Crippen molar-refractivity contribution in [3.8, 4) is 39.4 Å². The van der Waals surface area contributed by atoms with Crippen LogP contribution in [0.3, 0.4) is 0 Å². The molecule has 3 aromatic heterocycles. The average molecular weight is 530 g/mol. The predicted molar refractivity (Wildman–Crippen MR) is 159 cm³/mol. The second-order valence-corrected chi connectivity index (χ2v) is 10.2. The number of phenols is 1. The molecule has 3 heterocycles. The van der Waals surface area contributed by atoms with E-state index in [1.54, 1.807) is 18.7 Å².